The molecule has 1 aromatic carbocycles. The minimum atomic E-state index is -1.07. The highest BCUT2D eigenvalue weighted by Crippen LogP contribution is 2.15. The molecule has 0 bridgehead atoms. The fourth-order valence-electron chi connectivity index (χ4n) is 2.02. The van der Waals surface area contributed by atoms with Gasteiger partial charge in [0.25, 0.3) is 0 Å². The summed E-state index contributed by atoms with van der Waals surface area (Å²) in [6, 6.07) is 8.14. The lowest BCUT2D eigenvalue weighted by molar-refractivity contribution is -0.143. The van der Waals surface area contributed by atoms with E-state index >= 15 is 0 Å². The largest absolute Gasteiger partial charge is 0.494 e. The number of aliphatic carboxylic acids is 1. The molecule has 1 atom stereocenters. The van der Waals surface area contributed by atoms with Crippen LogP contribution in [-0.2, 0) is 9.53 Å². The van der Waals surface area contributed by atoms with Gasteiger partial charge in [-0.2, -0.15) is 0 Å². The lowest BCUT2D eigenvalue weighted by atomic mass is 10.2. The number of hydrogen-bond acceptors (Lipinski definition) is 4. The van der Waals surface area contributed by atoms with Crippen molar-refractivity contribution in [3.8, 4) is 5.75 Å². The second-order valence-corrected chi connectivity index (χ2v) is 6.07. The number of carbonyl (C=O) groups excluding carboxylic acids is 1. The molecule has 6 heteroatoms. The molecule has 0 saturated carbocycles. The molecule has 1 N–H and O–H groups in total. The van der Waals surface area contributed by atoms with Crippen LogP contribution in [0.25, 0.3) is 0 Å². The number of rotatable bonds is 7. The van der Waals surface area contributed by atoms with Crippen LogP contribution in [-0.4, -0.2) is 46.9 Å². The Morgan fingerprint density at radius 2 is 1.83 bits per heavy atom. The normalized spacial score (nSPS) is 12.3. The minimum Gasteiger partial charge on any atom is -0.494 e. The molecule has 0 aliphatic carbocycles. The number of hydrogen-bond donors (Lipinski definition) is 1. The third-order valence-corrected chi connectivity index (χ3v) is 3.03. The molecule has 0 heterocycles. The Morgan fingerprint density at radius 3 is 2.30 bits per heavy atom. The highest BCUT2D eigenvalue weighted by Gasteiger charge is 2.31. The number of carbonyl (C=O) groups is 2. The molecule has 0 radical (unpaired) electrons. The van der Waals surface area contributed by atoms with Crippen LogP contribution in [0.2, 0.25) is 0 Å². The number of carboxylic acid groups (broad SMARTS) is 1. The van der Waals surface area contributed by atoms with E-state index in [9.17, 15) is 14.7 Å². The van der Waals surface area contributed by atoms with Gasteiger partial charge in [-0.1, -0.05) is 18.2 Å². The molecular formula is C17H25NO5. The first-order valence-corrected chi connectivity index (χ1v) is 7.65. The highest BCUT2D eigenvalue weighted by molar-refractivity contribution is 5.80. The summed E-state index contributed by atoms with van der Waals surface area (Å²) >= 11 is 0. The fourth-order valence-corrected chi connectivity index (χ4v) is 2.02. The highest BCUT2D eigenvalue weighted by atomic mass is 16.6. The van der Waals surface area contributed by atoms with Crippen LogP contribution >= 0.6 is 0 Å². The molecule has 0 spiro atoms. The zero-order valence-electron chi connectivity index (χ0n) is 14.1. The van der Waals surface area contributed by atoms with Gasteiger partial charge in [0.1, 0.15) is 17.4 Å². The van der Waals surface area contributed by atoms with Crippen molar-refractivity contribution in [3.05, 3.63) is 30.3 Å². The van der Waals surface area contributed by atoms with Gasteiger partial charge >= 0.3 is 12.1 Å². The van der Waals surface area contributed by atoms with Crippen molar-refractivity contribution in [1.82, 2.24) is 4.90 Å². The van der Waals surface area contributed by atoms with Crippen molar-refractivity contribution in [2.24, 2.45) is 0 Å². The van der Waals surface area contributed by atoms with E-state index in [2.05, 4.69) is 0 Å². The maximum atomic E-state index is 12.2. The second-order valence-electron chi connectivity index (χ2n) is 6.07. The summed E-state index contributed by atoms with van der Waals surface area (Å²) in [7, 11) is 0. The summed E-state index contributed by atoms with van der Waals surface area (Å²) in [6.45, 7) is 7.39. The Kier molecular flexibility index (Phi) is 6.88. The Balaban J connectivity index is 2.67. The summed E-state index contributed by atoms with van der Waals surface area (Å²) in [5.74, 6) is -0.411. The van der Waals surface area contributed by atoms with Crippen molar-refractivity contribution in [2.75, 3.05) is 13.2 Å². The minimum absolute atomic E-state index is 0.178. The fraction of sp³-hybridized carbons (Fsp3) is 0.529. The maximum Gasteiger partial charge on any atom is 0.411 e. The van der Waals surface area contributed by atoms with E-state index < -0.39 is 23.7 Å². The maximum absolute atomic E-state index is 12.2. The van der Waals surface area contributed by atoms with Crippen LogP contribution in [0, 0.1) is 0 Å². The van der Waals surface area contributed by atoms with Crippen LogP contribution in [0.5, 0.6) is 5.75 Å². The first-order chi connectivity index (χ1) is 10.7. The molecule has 128 valence electrons. The molecule has 0 aliphatic rings. The summed E-state index contributed by atoms with van der Waals surface area (Å²) in [5, 5.41) is 9.41. The smallest absolute Gasteiger partial charge is 0.411 e. The predicted octanol–water partition coefficient (Wildman–Crippen LogP) is 3.17. The monoisotopic (exact) mass is 323 g/mol. The van der Waals surface area contributed by atoms with E-state index in [1.54, 1.807) is 39.8 Å². The van der Waals surface area contributed by atoms with Gasteiger partial charge in [0.15, 0.2) is 0 Å². The molecule has 6 nitrogen and oxygen atoms in total. The summed E-state index contributed by atoms with van der Waals surface area (Å²) in [4.78, 5) is 24.9. The molecule has 1 rings (SSSR count). The quantitative estimate of drug-likeness (QED) is 0.834. The van der Waals surface area contributed by atoms with E-state index in [1.165, 1.54) is 4.90 Å². The molecule has 0 saturated heterocycles. The first-order valence-electron chi connectivity index (χ1n) is 7.65. The van der Waals surface area contributed by atoms with Crippen molar-refractivity contribution in [2.45, 2.75) is 45.8 Å². The van der Waals surface area contributed by atoms with E-state index in [1.807, 2.05) is 18.2 Å². The molecule has 0 fully saturated rings. The van der Waals surface area contributed by atoms with Crippen LogP contribution in [0.1, 0.15) is 34.1 Å². The van der Waals surface area contributed by atoms with Crippen molar-refractivity contribution < 1.29 is 24.2 Å². The van der Waals surface area contributed by atoms with Gasteiger partial charge < -0.3 is 14.6 Å². The van der Waals surface area contributed by atoms with E-state index in [0.717, 1.165) is 0 Å². The van der Waals surface area contributed by atoms with Gasteiger partial charge in [-0.15, -0.1) is 0 Å². The van der Waals surface area contributed by atoms with E-state index in [4.69, 9.17) is 9.47 Å². The van der Waals surface area contributed by atoms with Crippen LogP contribution in [0.4, 0.5) is 4.79 Å². The van der Waals surface area contributed by atoms with Crippen LogP contribution in [0.15, 0.2) is 30.3 Å². The predicted molar refractivity (Wildman–Crippen MR) is 86.6 cm³/mol. The zero-order chi connectivity index (χ0) is 17.5. The Hall–Kier alpha value is -2.24. The Labute approximate surface area is 137 Å². The van der Waals surface area contributed by atoms with Gasteiger partial charge in [0, 0.05) is 13.0 Å². The van der Waals surface area contributed by atoms with Crippen LogP contribution in [0.3, 0.4) is 0 Å². The third-order valence-electron chi connectivity index (χ3n) is 3.03. The van der Waals surface area contributed by atoms with E-state index in [-0.39, 0.29) is 19.6 Å². The molecular weight excluding hydrogens is 298 g/mol. The molecule has 0 unspecified atom stereocenters. The topological polar surface area (TPSA) is 76.1 Å². The first kappa shape index (κ1) is 18.8. The van der Waals surface area contributed by atoms with Crippen molar-refractivity contribution in [1.29, 1.82) is 0 Å². The summed E-state index contributed by atoms with van der Waals surface area (Å²) in [6.07, 6.45) is -0.454. The summed E-state index contributed by atoms with van der Waals surface area (Å²) < 4.78 is 10.8. The second kappa shape index (κ2) is 8.41. The zero-order valence-corrected chi connectivity index (χ0v) is 14.1. The number of amides is 1. The van der Waals surface area contributed by atoms with E-state index in [0.29, 0.717) is 5.75 Å². The Morgan fingerprint density at radius 1 is 1.22 bits per heavy atom. The molecule has 23 heavy (non-hydrogen) atoms. The van der Waals surface area contributed by atoms with Gasteiger partial charge in [-0.3, -0.25) is 4.90 Å². The average molecular weight is 323 g/mol. The van der Waals surface area contributed by atoms with Crippen molar-refractivity contribution in [3.63, 3.8) is 0 Å². The van der Waals surface area contributed by atoms with Gasteiger partial charge in [-0.25, -0.2) is 9.59 Å². The number of para-hydroxylation sites is 1. The molecule has 1 aromatic rings. The molecule has 1 amide bonds. The Bertz CT molecular complexity index is 509. The van der Waals surface area contributed by atoms with Crippen LogP contribution < -0.4 is 4.74 Å². The standard InChI is InChI=1S/C17H25NO5/c1-5-18(16(21)23-17(2,3)4)14(15(19)20)11-12-22-13-9-7-6-8-10-13/h6-10,14H,5,11-12H2,1-4H3,(H,19,20)/t14-/m0/s1. The van der Waals surface area contributed by atoms with Crippen molar-refractivity contribution >= 4 is 12.1 Å². The number of ether oxygens (including phenoxy) is 2. The molecule has 0 aliphatic heterocycles. The van der Waals surface area contributed by atoms with Gasteiger partial charge in [-0.05, 0) is 39.8 Å². The summed E-state index contributed by atoms with van der Waals surface area (Å²) in [5.41, 5.74) is -0.673. The lowest BCUT2D eigenvalue weighted by Crippen LogP contribution is -2.47. The average Bonchev–Trinajstić information content (AvgIpc) is 2.45. The third kappa shape index (κ3) is 6.59. The number of nitrogens with zero attached hydrogens (tertiary/aromatic N) is 1. The van der Waals surface area contributed by atoms with Gasteiger partial charge in [0.2, 0.25) is 0 Å². The number of likely N-dealkylation sites (N-methyl/N-ethyl adjacent to an activating group) is 1. The number of carboxylic acids is 1. The SMILES string of the molecule is CCN(C(=O)OC(C)(C)C)[C@@H](CCOc1ccccc1)C(=O)O. The van der Waals surface area contributed by atoms with Gasteiger partial charge in [0.05, 0.1) is 6.61 Å². The number of benzene rings is 1. The lowest BCUT2D eigenvalue weighted by Gasteiger charge is -2.30. The molecule has 0 aromatic heterocycles.